The van der Waals surface area contributed by atoms with Crippen molar-refractivity contribution in [1.29, 1.82) is 0 Å². The van der Waals surface area contributed by atoms with Crippen molar-refractivity contribution >= 4 is 5.97 Å². The molecule has 1 aliphatic rings. The maximum Gasteiger partial charge on any atom is 0.330 e. The summed E-state index contributed by atoms with van der Waals surface area (Å²) in [6.45, 7) is 3.65. The van der Waals surface area contributed by atoms with Gasteiger partial charge in [0.25, 0.3) is 5.56 Å². The molecular weight excluding hydrogens is 288 g/mol. The van der Waals surface area contributed by atoms with Crippen molar-refractivity contribution in [2.75, 3.05) is 6.61 Å². The zero-order valence-electron chi connectivity index (χ0n) is 12.5. The van der Waals surface area contributed by atoms with Crippen LogP contribution in [-0.2, 0) is 14.3 Å². The van der Waals surface area contributed by atoms with E-state index < -0.39 is 17.5 Å². The summed E-state index contributed by atoms with van der Waals surface area (Å²) in [5.41, 5.74) is -1.10. The summed E-state index contributed by atoms with van der Waals surface area (Å²) in [6, 6.07) is 0. The predicted octanol–water partition coefficient (Wildman–Crippen LogP) is 0.395. The summed E-state index contributed by atoms with van der Waals surface area (Å²) in [5.74, 6) is 1.74. The van der Waals surface area contributed by atoms with Crippen molar-refractivity contribution in [3.63, 3.8) is 0 Å². The lowest BCUT2D eigenvalue weighted by molar-refractivity contribution is -0.152. The molecule has 0 aromatic carbocycles. The Morgan fingerprint density at radius 2 is 2.27 bits per heavy atom. The molecular formula is C15H18N2O5. The highest BCUT2D eigenvalue weighted by atomic mass is 16.6. The van der Waals surface area contributed by atoms with Crippen LogP contribution in [0.1, 0.15) is 38.5 Å². The van der Waals surface area contributed by atoms with Gasteiger partial charge in [0.1, 0.15) is 18.4 Å². The highest BCUT2D eigenvalue weighted by Gasteiger charge is 2.28. The van der Waals surface area contributed by atoms with Gasteiger partial charge in [-0.05, 0) is 12.8 Å². The third-order valence-corrected chi connectivity index (χ3v) is 3.40. The molecule has 2 rings (SSSR count). The number of carbonyl (C=O) groups is 1. The number of H-pyrrole nitrogens is 1. The predicted molar refractivity (Wildman–Crippen MR) is 78.2 cm³/mol. The van der Waals surface area contributed by atoms with Crippen LogP contribution in [0.15, 0.2) is 15.8 Å². The lowest BCUT2D eigenvalue weighted by Gasteiger charge is -2.16. The van der Waals surface area contributed by atoms with Crippen molar-refractivity contribution in [3.8, 4) is 12.3 Å². The topological polar surface area (TPSA) is 90.4 Å². The molecule has 2 unspecified atom stereocenters. The zero-order valence-corrected chi connectivity index (χ0v) is 12.5. The van der Waals surface area contributed by atoms with E-state index in [2.05, 4.69) is 10.9 Å². The molecule has 2 heterocycles. The maximum absolute atomic E-state index is 11.8. The Morgan fingerprint density at radius 3 is 2.91 bits per heavy atom. The minimum atomic E-state index is -0.593. The standard InChI is InChI=1S/C15H18N2O5/c1-4-10-7-17(15(20)16-13(10)18)12-6-5-11(22-12)8-21-14(19)9(2)3/h1,7,9,11-12H,5-6,8H2,2-3H3,(H,16,18,20). The van der Waals surface area contributed by atoms with E-state index in [4.69, 9.17) is 15.9 Å². The van der Waals surface area contributed by atoms with Crippen LogP contribution >= 0.6 is 0 Å². The van der Waals surface area contributed by atoms with Gasteiger partial charge in [0, 0.05) is 6.20 Å². The molecule has 0 radical (unpaired) electrons. The number of esters is 1. The number of carbonyl (C=O) groups excluding carboxylic acids is 1. The summed E-state index contributed by atoms with van der Waals surface area (Å²) in [4.78, 5) is 36.9. The van der Waals surface area contributed by atoms with E-state index >= 15 is 0 Å². The number of terminal acetylenes is 1. The largest absolute Gasteiger partial charge is 0.463 e. The van der Waals surface area contributed by atoms with Gasteiger partial charge in [-0.15, -0.1) is 6.42 Å². The quantitative estimate of drug-likeness (QED) is 0.642. The normalized spacial score (nSPS) is 20.8. The van der Waals surface area contributed by atoms with E-state index in [0.29, 0.717) is 12.8 Å². The van der Waals surface area contributed by atoms with Gasteiger partial charge >= 0.3 is 11.7 Å². The van der Waals surface area contributed by atoms with Crippen LogP contribution in [0.2, 0.25) is 0 Å². The number of hydrogen-bond donors (Lipinski definition) is 1. The van der Waals surface area contributed by atoms with Crippen LogP contribution in [0, 0.1) is 18.3 Å². The van der Waals surface area contributed by atoms with Crippen molar-refractivity contribution in [2.24, 2.45) is 5.92 Å². The van der Waals surface area contributed by atoms with Gasteiger partial charge in [-0.1, -0.05) is 19.8 Å². The molecule has 1 aromatic rings. The van der Waals surface area contributed by atoms with Gasteiger partial charge in [0.05, 0.1) is 12.0 Å². The maximum atomic E-state index is 11.8. The second-order valence-corrected chi connectivity index (χ2v) is 5.43. The second-order valence-electron chi connectivity index (χ2n) is 5.43. The molecule has 1 aromatic heterocycles. The Hall–Kier alpha value is -2.33. The van der Waals surface area contributed by atoms with Gasteiger partial charge in [-0.3, -0.25) is 19.1 Å². The van der Waals surface area contributed by atoms with E-state index in [-0.39, 0.29) is 30.2 Å². The third kappa shape index (κ3) is 3.46. The summed E-state index contributed by atoms with van der Waals surface area (Å²) in [6.07, 6.45) is 6.94. The highest BCUT2D eigenvalue weighted by molar-refractivity contribution is 5.71. The van der Waals surface area contributed by atoms with Crippen LogP contribution < -0.4 is 11.2 Å². The fourth-order valence-electron chi connectivity index (χ4n) is 2.16. The Balaban J connectivity index is 2.05. The van der Waals surface area contributed by atoms with Crippen LogP contribution in [0.5, 0.6) is 0 Å². The number of aromatic amines is 1. The molecule has 2 atom stereocenters. The fourth-order valence-corrected chi connectivity index (χ4v) is 2.16. The van der Waals surface area contributed by atoms with E-state index in [9.17, 15) is 14.4 Å². The minimum Gasteiger partial charge on any atom is -0.463 e. The van der Waals surface area contributed by atoms with Gasteiger partial charge in [0.2, 0.25) is 0 Å². The molecule has 0 spiro atoms. The Kier molecular flexibility index (Phi) is 4.83. The molecule has 0 bridgehead atoms. The first-order valence-electron chi connectivity index (χ1n) is 7.06. The number of ether oxygens (including phenoxy) is 2. The van der Waals surface area contributed by atoms with E-state index in [1.807, 2.05) is 0 Å². The molecule has 1 saturated heterocycles. The molecule has 7 nitrogen and oxygen atoms in total. The smallest absolute Gasteiger partial charge is 0.330 e. The molecule has 0 amide bonds. The summed E-state index contributed by atoms with van der Waals surface area (Å²) in [7, 11) is 0. The summed E-state index contributed by atoms with van der Waals surface area (Å²) >= 11 is 0. The second kappa shape index (κ2) is 6.62. The fraction of sp³-hybridized carbons (Fsp3) is 0.533. The molecule has 0 aliphatic carbocycles. The summed E-state index contributed by atoms with van der Waals surface area (Å²) < 4.78 is 12.1. The van der Waals surface area contributed by atoms with Crippen LogP contribution in [0.3, 0.4) is 0 Å². The average Bonchev–Trinajstić information content (AvgIpc) is 2.93. The van der Waals surface area contributed by atoms with Crippen molar-refractivity contribution in [1.82, 2.24) is 9.55 Å². The molecule has 1 fully saturated rings. The third-order valence-electron chi connectivity index (χ3n) is 3.40. The Morgan fingerprint density at radius 1 is 1.55 bits per heavy atom. The first kappa shape index (κ1) is 16.0. The monoisotopic (exact) mass is 306 g/mol. The van der Waals surface area contributed by atoms with Gasteiger partial charge in [-0.25, -0.2) is 4.79 Å². The molecule has 22 heavy (non-hydrogen) atoms. The highest BCUT2D eigenvalue weighted by Crippen LogP contribution is 2.27. The minimum absolute atomic E-state index is 0.0675. The molecule has 0 saturated carbocycles. The first-order chi connectivity index (χ1) is 10.4. The van der Waals surface area contributed by atoms with Crippen molar-refractivity contribution in [3.05, 3.63) is 32.6 Å². The number of hydrogen-bond acceptors (Lipinski definition) is 5. The van der Waals surface area contributed by atoms with E-state index in [1.165, 1.54) is 10.8 Å². The number of nitrogens with zero attached hydrogens (tertiary/aromatic N) is 1. The Bertz CT molecular complexity index is 710. The van der Waals surface area contributed by atoms with Gasteiger partial charge < -0.3 is 9.47 Å². The molecule has 1 aliphatic heterocycles. The van der Waals surface area contributed by atoms with Crippen LogP contribution in [-0.4, -0.2) is 28.2 Å². The van der Waals surface area contributed by atoms with Crippen LogP contribution in [0.25, 0.3) is 0 Å². The zero-order chi connectivity index (χ0) is 16.3. The number of nitrogens with one attached hydrogen (secondary N) is 1. The lowest BCUT2D eigenvalue weighted by atomic mass is 10.2. The van der Waals surface area contributed by atoms with Crippen LogP contribution in [0.4, 0.5) is 0 Å². The molecule has 118 valence electrons. The van der Waals surface area contributed by atoms with Gasteiger partial charge in [-0.2, -0.15) is 0 Å². The van der Waals surface area contributed by atoms with E-state index in [1.54, 1.807) is 13.8 Å². The summed E-state index contributed by atoms with van der Waals surface area (Å²) in [5, 5.41) is 0. The first-order valence-corrected chi connectivity index (χ1v) is 7.06. The lowest BCUT2D eigenvalue weighted by Crippen LogP contribution is -2.33. The average molecular weight is 306 g/mol. The van der Waals surface area contributed by atoms with Crippen molar-refractivity contribution in [2.45, 2.75) is 39.0 Å². The SMILES string of the molecule is C#Cc1cn(C2CCC(COC(=O)C(C)C)O2)c(=O)[nH]c1=O. The number of rotatable bonds is 4. The van der Waals surface area contributed by atoms with Gasteiger partial charge in [0.15, 0.2) is 0 Å². The molecule has 7 heteroatoms. The van der Waals surface area contributed by atoms with Crippen molar-refractivity contribution < 1.29 is 14.3 Å². The molecule has 1 N–H and O–H groups in total. The van der Waals surface area contributed by atoms with E-state index in [0.717, 1.165) is 0 Å². The number of aromatic nitrogens is 2. The Labute approximate surface area is 127 Å².